The Labute approximate surface area is 225 Å². The third-order valence-electron chi connectivity index (χ3n) is 8.75. The van der Waals surface area contributed by atoms with E-state index in [1.165, 1.54) is 12.8 Å². The number of hydrogen-bond acceptors (Lipinski definition) is 4. The van der Waals surface area contributed by atoms with E-state index in [0.29, 0.717) is 37.4 Å². The van der Waals surface area contributed by atoms with Crippen LogP contribution in [0.5, 0.6) is 0 Å². The number of carboxylic acid groups (broad SMARTS) is 1. The Kier molecular flexibility index (Phi) is 8.42. The number of carboxylic acids is 1. The molecule has 2 N–H and O–H groups in total. The standard InChI is InChI=1S/C31H39N3O4/c35-29(36)20-27-18-25-6-7-26(30(37)33-16-11-24(12-17-33)23-8-13-32-14-9-23)19-28(25)21-34(31(27)38)15-10-22-4-2-1-3-5-22/h1-7,19,23-24,27,32H,8-18,20-21H2,(H,35,36)/t27-/m1/s1. The van der Waals surface area contributed by atoms with Gasteiger partial charge in [-0.25, -0.2) is 0 Å². The summed E-state index contributed by atoms with van der Waals surface area (Å²) in [6, 6.07) is 15.8. The van der Waals surface area contributed by atoms with Crippen molar-refractivity contribution in [1.82, 2.24) is 15.1 Å². The number of rotatable bonds is 7. The summed E-state index contributed by atoms with van der Waals surface area (Å²) in [5, 5.41) is 12.9. The molecule has 7 heteroatoms. The highest BCUT2D eigenvalue weighted by molar-refractivity contribution is 5.94. The summed E-state index contributed by atoms with van der Waals surface area (Å²) in [4.78, 5) is 42.2. The number of nitrogens with zero attached hydrogens (tertiary/aromatic N) is 2. The second-order valence-corrected chi connectivity index (χ2v) is 11.2. The van der Waals surface area contributed by atoms with Gasteiger partial charge in [-0.3, -0.25) is 14.4 Å². The van der Waals surface area contributed by atoms with E-state index in [1.54, 1.807) is 4.90 Å². The molecule has 0 aliphatic carbocycles. The Morgan fingerprint density at radius 2 is 1.63 bits per heavy atom. The number of amides is 2. The number of carbonyl (C=O) groups excluding carboxylic acids is 2. The number of fused-ring (bicyclic) bond motifs is 1. The fraction of sp³-hybridized carbons (Fsp3) is 0.516. The van der Waals surface area contributed by atoms with Crippen LogP contribution < -0.4 is 5.32 Å². The van der Waals surface area contributed by atoms with Gasteiger partial charge in [-0.2, -0.15) is 0 Å². The van der Waals surface area contributed by atoms with Crippen LogP contribution in [-0.4, -0.2) is 65.4 Å². The van der Waals surface area contributed by atoms with Crippen molar-refractivity contribution in [2.45, 2.75) is 51.5 Å². The van der Waals surface area contributed by atoms with Crippen molar-refractivity contribution in [1.29, 1.82) is 0 Å². The third kappa shape index (κ3) is 6.26. The van der Waals surface area contributed by atoms with Crippen LogP contribution >= 0.6 is 0 Å². The Balaban J connectivity index is 1.29. The van der Waals surface area contributed by atoms with E-state index in [9.17, 15) is 19.5 Å². The molecule has 7 nitrogen and oxygen atoms in total. The van der Waals surface area contributed by atoms with E-state index < -0.39 is 11.9 Å². The summed E-state index contributed by atoms with van der Waals surface area (Å²) in [6.07, 6.45) is 5.52. The van der Waals surface area contributed by atoms with Gasteiger partial charge >= 0.3 is 5.97 Å². The molecule has 1 atom stereocenters. The Hall–Kier alpha value is -3.19. The zero-order valence-electron chi connectivity index (χ0n) is 22.1. The van der Waals surface area contributed by atoms with Gasteiger partial charge in [0.2, 0.25) is 5.91 Å². The molecular weight excluding hydrogens is 478 g/mol. The molecule has 2 amide bonds. The van der Waals surface area contributed by atoms with Gasteiger partial charge in [-0.05, 0) is 92.3 Å². The Bertz CT molecular complexity index is 1140. The lowest BCUT2D eigenvalue weighted by molar-refractivity contribution is -0.144. The molecule has 0 spiro atoms. The van der Waals surface area contributed by atoms with Crippen LogP contribution in [0.3, 0.4) is 0 Å². The van der Waals surface area contributed by atoms with Gasteiger partial charge in [0.15, 0.2) is 0 Å². The minimum atomic E-state index is -0.963. The summed E-state index contributed by atoms with van der Waals surface area (Å²) in [7, 11) is 0. The molecule has 0 saturated carbocycles. The molecule has 2 fully saturated rings. The Morgan fingerprint density at radius 1 is 0.921 bits per heavy atom. The van der Waals surface area contributed by atoms with Gasteiger partial charge in [-0.15, -0.1) is 0 Å². The lowest BCUT2D eigenvalue weighted by Crippen LogP contribution is -2.42. The number of likely N-dealkylation sites (tertiary alicyclic amines) is 1. The molecule has 38 heavy (non-hydrogen) atoms. The third-order valence-corrected chi connectivity index (χ3v) is 8.75. The first-order chi connectivity index (χ1) is 18.5. The van der Waals surface area contributed by atoms with Crippen molar-refractivity contribution >= 4 is 17.8 Å². The zero-order valence-corrected chi connectivity index (χ0v) is 22.1. The van der Waals surface area contributed by atoms with E-state index in [-0.39, 0.29) is 18.2 Å². The molecule has 3 aliphatic rings. The summed E-state index contributed by atoms with van der Waals surface area (Å²) < 4.78 is 0. The first-order valence-electron chi connectivity index (χ1n) is 14.1. The Morgan fingerprint density at radius 3 is 2.34 bits per heavy atom. The highest BCUT2D eigenvalue weighted by atomic mass is 16.4. The second-order valence-electron chi connectivity index (χ2n) is 11.2. The molecular formula is C31H39N3O4. The van der Waals surface area contributed by atoms with Crippen molar-refractivity contribution in [3.05, 3.63) is 70.8 Å². The molecule has 202 valence electrons. The van der Waals surface area contributed by atoms with Gasteiger partial charge in [0.1, 0.15) is 0 Å². The van der Waals surface area contributed by atoms with Crippen LogP contribution in [0.4, 0.5) is 0 Å². The van der Waals surface area contributed by atoms with Crippen molar-refractivity contribution in [3.63, 3.8) is 0 Å². The van der Waals surface area contributed by atoms with Gasteiger partial charge < -0.3 is 20.2 Å². The SMILES string of the molecule is O=C(O)C[C@H]1Cc2ccc(C(=O)N3CCC(C4CCNCC4)CC3)cc2CN(CCc2ccccc2)C1=O. The maximum atomic E-state index is 13.5. The zero-order chi connectivity index (χ0) is 26.5. The molecule has 0 bridgehead atoms. The van der Waals surface area contributed by atoms with E-state index >= 15 is 0 Å². The van der Waals surface area contributed by atoms with Crippen LogP contribution in [0.2, 0.25) is 0 Å². The normalized spacial score (nSPS) is 21.2. The number of benzene rings is 2. The van der Waals surface area contributed by atoms with E-state index in [4.69, 9.17) is 0 Å². The van der Waals surface area contributed by atoms with Gasteiger partial charge in [0.05, 0.1) is 12.3 Å². The average Bonchev–Trinajstić information content (AvgIpc) is 3.08. The smallest absolute Gasteiger partial charge is 0.304 e. The van der Waals surface area contributed by atoms with Crippen LogP contribution in [-0.2, 0) is 29.0 Å². The van der Waals surface area contributed by atoms with E-state index in [2.05, 4.69) is 5.32 Å². The topological polar surface area (TPSA) is 89.9 Å². The predicted molar refractivity (Wildman–Crippen MR) is 146 cm³/mol. The largest absolute Gasteiger partial charge is 0.481 e. The van der Waals surface area contributed by atoms with E-state index in [0.717, 1.165) is 61.6 Å². The number of aliphatic carboxylic acids is 1. The van der Waals surface area contributed by atoms with Crippen molar-refractivity contribution in [3.8, 4) is 0 Å². The number of nitrogens with one attached hydrogen (secondary N) is 1. The molecule has 0 unspecified atom stereocenters. The fourth-order valence-electron chi connectivity index (χ4n) is 6.54. The minimum absolute atomic E-state index is 0.0602. The molecule has 2 aromatic rings. The summed E-state index contributed by atoms with van der Waals surface area (Å²) in [5.74, 6) is -0.130. The summed E-state index contributed by atoms with van der Waals surface area (Å²) >= 11 is 0. The molecule has 3 heterocycles. The highest BCUT2D eigenvalue weighted by Crippen LogP contribution is 2.32. The van der Waals surface area contributed by atoms with Gasteiger partial charge in [-0.1, -0.05) is 36.4 Å². The number of carbonyl (C=O) groups is 3. The maximum Gasteiger partial charge on any atom is 0.304 e. The molecule has 3 aliphatic heterocycles. The minimum Gasteiger partial charge on any atom is -0.481 e. The second kappa shape index (κ2) is 12.1. The maximum absolute atomic E-state index is 13.5. The van der Waals surface area contributed by atoms with Crippen molar-refractivity contribution in [2.75, 3.05) is 32.7 Å². The molecule has 2 aromatic carbocycles. The van der Waals surface area contributed by atoms with Gasteiger partial charge in [0, 0.05) is 31.7 Å². The summed E-state index contributed by atoms with van der Waals surface area (Å²) in [6.45, 7) is 4.73. The van der Waals surface area contributed by atoms with Crippen LogP contribution in [0, 0.1) is 17.8 Å². The summed E-state index contributed by atoms with van der Waals surface area (Å²) in [5.41, 5.74) is 3.72. The molecule has 0 aromatic heterocycles. The predicted octanol–water partition coefficient (Wildman–Crippen LogP) is 3.76. The number of piperidine rings is 2. The fourth-order valence-corrected chi connectivity index (χ4v) is 6.54. The van der Waals surface area contributed by atoms with Gasteiger partial charge in [0.25, 0.3) is 5.91 Å². The lowest BCUT2D eigenvalue weighted by Gasteiger charge is -2.38. The molecule has 0 radical (unpaired) electrons. The van der Waals surface area contributed by atoms with E-state index in [1.807, 2.05) is 53.4 Å². The van der Waals surface area contributed by atoms with Crippen molar-refractivity contribution in [2.24, 2.45) is 17.8 Å². The molecule has 2 saturated heterocycles. The first kappa shape index (κ1) is 26.4. The molecule has 5 rings (SSSR count). The monoisotopic (exact) mass is 517 g/mol. The van der Waals surface area contributed by atoms with Crippen LogP contribution in [0.15, 0.2) is 48.5 Å². The lowest BCUT2D eigenvalue weighted by atomic mass is 9.79. The number of hydrogen-bond donors (Lipinski definition) is 2. The highest BCUT2D eigenvalue weighted by Gasteiger charge is 2.33. The van der Waals surface area contributed by atoms with Crippen LogP contribution in [0.25, 0.3) is 0 Å². The first-order valence-corrected chi connectivity index (χ1v) is 14.1. The quantitative estimate of drug-likeness (QED) is 0.584. The van der Waals surface area contributed by atoms with Crippen LogP contribution in [0.1, 0.15) is 59.2 Å². The van der Waals surface area contributed by atoms with Crippen molar-refractivity contribution < 1.29 is 19.5 Å². The average molecular weight is 518 g/mol.